The van der Waals surface area contributed by atoms with Crippen molar-refractivity contribution in [3.8, 4) is 5.75 Å². The molecule has 1 spiro atoms. The van der Waals surface area contributed by atoms with E-state index >= 15 is 0 Å². The van der Waals surface area contributed by atoms with E-state index in [9.17, 15) is 22.8 Å². The Balaban J connectivity index is 1.58. The van der Waals surface area contributed by atoms with Crippen molar-refractivity contribution >= 4 is 39.2 Å². The van der Waals surface area contributed by atoms with Gasteiger partial charge in [-0.05, 0) is 50.2 Å². The Kier molecular flexibility index (Phi) is 6.32. The maximum Gasteiger partial charge on any atom is 0.338 e. The first-order chi connectivity index (χ1) is 16.2. The highest BCUT2D eigenvalue weighted by Crippen LogP contribution is 2.45. The minimum atomic E-state index is -3.90. The van der Waals surface area contributed by atoms with Gasteiger partial charge in [0.25, 0.3) is 11.8 Å². The van der Waals surface area contributed by atoms with Gasteiger partial charge in [-0.25, -0.2) is 17.9 Å². The van der Waals surface area contributed by atoms with Crippen molar-refractivity contribution in [1.29, 1.82) is 0 Å². The Morgan fingerprint density at radius 1 is 1.15 bits per heavy atom. The van der Waals surface area contributed by atoms with Crippen molar-refractivity contribution in [2.24, 2.45) is 0 Å². The molecule has 0 radical (unpaired) electrons. The van der Waals surface area contributed by atoms with Gasteiger partial charge in [-0.3, -0.25) is 14.5 Å². The standard InChI is InChI=1S/C23H25N3O7S/c1-24-34(30,31)19-13-15(9-10-18(19)32-2)21(28)33-14-20(27)26-17-8-4-3-7-16(17)25-22(29)23(26)11-5-6-12-23/h3-4,7-10,13,24H,5-6,11-12,14H2,1-2H3,(H,25,29). The summed E-state index contributed by atoms with van der Waals surface area (Å²) in [7, 11) is -1.35. The monoisotopic (exact) mass is 487 g/mol. The number of carbonyl (C=O) groups is 3. The summed E-state index contributed by atoms with van der Waals surface area (Å²) in [6, 6.07) is 10.8. The predicted octanol–water partition coefficient (Wildman–Crippen LogP) is 2.06. The van der Waals surface area contributed by atoms with E-state index in [1.54, 1.807) is 24.3 Å². The number of esters is 1. The SMILES string of the molecule is CNS(=O)(=O)c1cc(C(=O)OCC(=O)N2c3ccccc3NC(=O)C23CCCC3)ccc1OC. The lowest BCUT2D eigenvalue weighted by Gasteiger charge is -2.44. The van der Waals surface area contributed by atoms with Crippen LogP contribution in [0.4, 0.5) is 11.4 Å². The van der Waals surface area contributed by atoms with Gasteiger partial charge in [0.05, 0.1) is 24.0 Å². The molecular formula is C23H25N3O7S. The lowest BCUT2D eigenvalue weighted by molar-refractivity contribution is -0.129. The minimum absolute atomic E-state index is 0.0566. The fourth-order valence-corrected chi connectivity index (χ4v) is 5.45. The molecule has 0 atom stereocenters. The molecule has 2 aliphatic rings. The zero-order chi connectivity index (χ0) is 24.5. The number of amides is 2. The molecule has 1 saturated carbocycles. The fourth-order valence-electron chi connectivity index (χ4n) is 4.53. The second-order valence-electron chi connectivity index (χ2n) is 8.09. The zero-order valence-electron chi connectivity index (χ0n) is 18.8. The normalized spacial score (nSPS) is 16.6. The minimum Gasteiger partial charge on any atom is -0.495 e. The Labute approximate surface area is 197 Å². The van der Waals surface area contributed by atoms with Crippen LogP contribution in [0.5, 0.6) is 5.75 Å². The molecule has 34 heavy (non-hydrogen) atoms. The number of hydrogen-bond acceptors (Lipinski definition) is 7. The molecule has 1 aliphatic carbocycles. The van der Waals surface area contributed by atoms with Crippen molar-refractivity contribution in [2.75, 3.05) is 31.0 Å². The number of rotatable bonds is 6. The first-order valence-electron chi connectivity index (χ1n) is 10.8. The van der Waals surface area contributed by atoms with Crippen molar-refractivity contribution in [3.63, 3.8) is 0 Å². The van der Waals surface area contributed by atoms with E-state index in [1.165, 1.54) is 31.2 Å². The summed E-state index contributed by atoms with van der Waals surface area (Å²) in [5.74, 6) is -1.60. The number of anilines is 2. The highest BCUT2D eigenvalue weighted by Gasteiger charge is 2.52. The van der Waals surface area contributed by atoms with Crippen LogP contribution in [0.25, 0.3) is 0 Å². The Bertz CT molecular complexity index is 1250. The number of carbonyl (C=O) groups excluding carboxylic acids is 3. The molecule has 11 heteroatoms. The van der Waals surface area contributed by atoms with E-state index in [0.29, 0.717) is 24.2 Å². The van der Waals surface area contributed by atoms with Crippen LogP contribution in [0.1, 0.15) is 36.0 Å². The maximum absolute atomic E-state index is 13.3. The number of ether oxygens (including phenoxy) is 2. The molecule has 2 N–H and O–H groups in total. The smallest absolute Gasteiger partial charge is 0.338 e. The Morgan fingerprint density at radius 3 is 2.53 bits per heavy atom. The number of hydrogen-bond donors (Lipinski definition) is 2. The molecule has 1 fully saturated rings. The molecule has 10 nitrogen and oxygen atoms in total. The first-order valence-corrected chi connectivity index (χ1v) is 12.2. The van der Waals surface area contributed by atoms with Gasteiger partial charge in [0.1, 0.15) is 16.2 Å². The van der Waals surface area contributed by atoms with E-state index in [4.69, 9.17) is 9.47 Å². The zero-order valence-corrected chi connectivity index (χ0v) is 19.6. The summed E-state index contributed by atoms with van der Waals surface area (Å²) < 4.78 is 37.1. The van der Waals surface area contributed by atoms with Crippen LogP contribution in [-0.4, -0.2) is 52.5 Å². The molecule has 0 unspecified atom stereocenters. The van der Waals surface area contributed by atoms with Crippen LogP contribution >= 0.6 is 0 Å². The summed E-state index contributed by atoms with van der Waals surface area (Å²) in [4.78, 5) is 40.2. The summed E-state index contributed by atoms with van der Waals surface area (Å²) in [5, 5.41) is 2.89. The second-order valence-corrected chi connectivity index (χ2v) is 9.94. The topological polar surface area (TPSA) is 131 Å². The van der Waals surface area contributed by atoms with Crippen molar-refractivity contribution in [1.82, 2.24) is 4.72 Å². The van der Waals surface area contributed by atoms with Gasteiger partial charge < -0.3 is 14.8 Å². The van der Waals surface area contributed by atoms with Crippen LogP contribution in [0.3, 0.4) is 0 Å². The van der Waals surface area contributed by atoms with Crippen molar-refractivity contribution < 1.29 is 32.3 Å². The molecule has 4 rings (SSSR count). The van der Waals surface area contributed by atoms with Crippen LogP contribution in [-0.2, 0) is 24.3 Å². The van der Waals surface area contributed by atoms with Crippen LogP contribution < -0.4 is 19.7 Å². The fraction of sp³-hybridized carbons (Fsp3) is 0.348. The lowest BCUT2D eigenvalue weighted by Crippen LogP contribution is -2.61. The molecular weight excluding hydrogens is 462 g/mol. The number of benzene rings is 2. The van der Waals surface area contributed by atoms with E-state index in [-0.39, 0.29) is 22.1 Å². The van der Waals surface area contributed by atoms with Crippen LogP contribution in [0, 0.1) is 0 Å². The number of sulfonamides is 1. The van der Waals surface area contributed by atoms with Gasteiger partial charge in [0.2, 0.25) is 10.0 Å². The first kappa shape index (κ1) is 23.7. The largest absolute Gasteiger partial charge is 0.495 e. The van der Waals surface area contributed by atoms with E-state index in [1.807, 2.05) is 0 Å². The van der Waals surface area contributed by atoms with E-state index in [0.717, 1.165) is 18.9 Å². The quantitative estimate of drug-likeness (QED) is 0.596. The van der Waals surface area contributed by atoms with Gasteiger partial charge in [0, 0.05) is 0 Å². The van der Waals surface area contributed by atoms with Crippen molar-refractivity contribution in [3.05, 3.63) is 48.0 Å². The summed E-state index contributed by atoms with van der Waals surface area (Å²) in [5.41, 5.74) is -0.0140. The third-order valence-electron chi connectivity index (χ3n) is 6.21. The number of nitrogens with one attached hydrogen (secondary N) is 2. The average molecular weight is 488 g/mol. The molecule has 0 bridgehead atoms. The maximum atomic E-state index is 13.3. The van der Waals surface area contributed by atoms with Gasteiger partial charge in [-0.1, -0.05) is 25.0 Å². The number of para-hydroxylation sites is 2. The molecule has 2 aromatic carbocycles. The van der Waals surface area contributed by atoms with Crippen LogP contribution in [0.2, 0.25) is 0 Å². The Hall–Kier alpha value is -3.44. The number of methoxy groups -OCH3 is 1. The average Bonchev–Trinajstić information content (AvgIpc) is 3.33. The molecule has 1 aliphatic heterocycles. The summed E-state index contributed by atoms with van der Waals surface area (Å²) in [6.45, 7) is -0.609. The molecule has 0 aromatic heterocycles. The molecule has 180 valence electrons. The van der Waals surface area contributed by atoms with Gasteiger partial charge in [0.15, 0.2) is 6.61 Å². The molecule has 2 aromatic rings. The molecule has 0 saturated heterocycles. The highest BCUT2D eigenvalue weighted by atomic mass is 32.2. The number of nitrogens with zero attached hydrogens (tertiary/aromatic N) is 1. The molecule has 1 heterocycles. The summed E-state index contributed by atoms with van der Waals surface area (Å²) in [6.07, 6.45) is 2.62. The van der Waals surface area contributed by atoms with Gasteiger partial charge in [-0.2, -0.15) is 0 Å². The second kappa shape index (κ2) is 9.07. The van der Waals surface area contributed by atoms with Gasteiger partial charge >= 0.3 is 5.97 Å². The van der Waals surface area contributed by atoms with Gasteiger partial charge in [-0.15, -0.1) is 0 Å². The Morgan fingerprint density at radius 2 is 1.85 bits per heavy atom. The highest BCUT2D eigenvalue weighted by molar-refractivity contribution is 7.89. The van der Waals surface area contributed by atoms with E-state index in [2.05, 4.69) is 10.0 Å². The van der Waals surface area contributed by atoms with Crippen molar-refractivity contribution in [2.45, 2.75) is 36.1 Å². The summed E-state index contributed by atoms with van der Waals surface area (Å²) >= 11 is 0. The third kappa shape index (κ3) is 4.01. The lowest BCUT2D eigenvalue weighted by atomic mass is 9.90. The molecule has 2 amide bonds. The van der Waals surface area contributed by atoms with E-state index < -0.39 is 34.0 Å². The van der Waals surface area contributed by atoms with Crippen LogP contribution in [0.15, 0.2) is 47.4 Å². The number of fused-ring (bicyclic) bond motifs is 1. The predicted molar refractivity (Wildman–Crippen MR) is 123 cm³/mol. The third-order valence-corrected chi connectivity index (χ3v) is 7.64.